The Morgan fingerprint density at radius 2 is 1.09 bits per heavy atom. The van der Waals surface area contributed by atoms with Gasteiger partial charge in [0, 0.05) is 13.1 Å². The normalized spacial score (nSPS) is 17.3. The number of nitriles is 2. The van der Waals surface area contributed by atoms with Crippen LogP contribution in [-0.2, 0) is 21.9 Å². The van der Waals surface area contributed by atoms with Gasteiger partial charge in [-0.2, -0.15) is 36.9 Å². The van der Waals surface area contributed by atoms with Crippen molar-refractivity contribution in [2.24, 2.45) is 9.98 Å². The van der Waals surface area contributed by atoms with E-state index in [9.17, 15) is 35.9 Å². The number of methoxy groups -OCH3 is 2. The van der Waals surface area contributed by atoms with Gasteiger partial charge in [0.2, 0.25) is 0 Å². The van der Waals surface area contributed by atoms with E-state index < -0.39 is 35.0 Å². The second-order valence-electron chi connectivity index (χ2n) is 15.1. The van der Waals surface area contributed by atoms with Crippen LogP contribution in [0, 0.1) is 22.7 Å². The second-order valence-corrected chi connectivity index (χ2v) is 17.1. The zero-order valence-electron chi connectivity index (χ0n) is 37.2. The number of halogens is 6. The van der Waals surface area contributed by atoms with Crippen LogP contribution in [0.1, 0.15) is 66.0 Å². The van der Waals surface area contributed by atoms with Crippen molar-refractivity contribution in [3.05, 3.63) is 116 Å². The maximum Gasteiger partial charge on any atom is 0.420 e. The number of hydrogen-bond donors (Lipinski definition) is 2. The van der Waals surface area contributed by atoms with E-state index in [2.05, 4.69) is 32.4 Å². The first-order valence-electron chi connectivity index (χ1n) is 21.2. The van der Waals surface area contributed by atoms with Crippen LogP contribution in [0.5, 0.6) is 34.5 Å². The minimum atomic E-state index is -4.71. The summed E-state index contributed by atoms with van der Waals surface area (Å²) in [6, 6.07) is 18.8. The van der Waals surface area contributed by atoms with Gasteiger partial charge in [-0.05, 0) is 140 Å². The van der Waals surface area contributed by atoms with Crippen LogP contribution < -0.4 is 29.6 Å². The molecule has 2 N–H and O–H groups in total. The standard InChI is InChI=1S/C25H23F3N4O3S.C23H20F3N3O3S/c1-34-21-13-16(14-22-23(33)31-24(36-22)30-8-11-32-9-2-3-10-32)4-7-20(21)35-19-6-5-17(15-29)12-18(19)25(26,27)28;1-3-4-9-28-22-29-21(30)20(33-22)12-14-5-8-18(19(11-14)31-2)32-17-7-6-15(13-27)10-16(17)23(24,25)26/h4-7,12-14H,2-3,8-11H2,1H3,(H,30,31,33);5-8,10-12H,3-4,9H2,1-2H3,(H,28,29,30)/b22-14-;20-12-. The average molecular weight is 992 g/mol. The summed E-state index contributed by atoms with van der Waals surface area (Å²) in [5.41, 5.74) is -1.19. The summed E-state index contributed by atoms with van der Waals surface area (Å²) in [6.45, 7) is 6.30. The molecule has 3 heterocycles. The molecule has 13 nitrogen and oxygen atoms in total. The molecule has 3 aliphatic heterocycles. The molecule has 21 heteroatoms. The molecule has 0 spiro atoms. The Hall–Kier alpha value is -6.94. The van der Waals surface area contributed by atoms with Crippen molar-refractivity contribution >= 4 is 57.8 Å². The van der Waals surface area contributed by atoms with Gasteiger partial charge >= 0.3 is 12.4 Å². The Labute approximate surface area is 401 Å². The third kappa shape index (κ3) is 14.1. The van der Waals surface area contributed by atoms with Gasteiger partial charge in [-0.15, -0.1) is 0 Å². The lowest BCUT2D eigenvalue weighted by molar-refractivity contribution is -0.139. The highest BCUT2D eigenvalue weighted by Crippen LogP contribution is 2.43. The van der Waals surface area contributed by atoms with E-state index in [0.717, 1.165) is 56.7 Å². The summed E-state index contributed by atoms with van der Waals surface area (Å²) in [5, 5.41) is 24.4. The topological polar surface area (TPSA) is 171 Å². The number of thioether (sulfide) groups is 2. The molecule has 3 aliphatic rings. The highest BCUT2D eigenvalue weighted by atomic mass is 32.2. The Morgan fingerprint density at radius 3 is 1.49 bits per heavy atom. The monoisotopic (exact) mass is 991 g/mol. The van der Waals surface area contributed by atoms with Crippen LogP contribution in [0.4, 0.5) is 26.3 Å². The molecule has 0 radical (unpaired) electrons. The van der Waals surface area contributed by atoms with E-state index in [1.165, 1.54) is 74.9 Å². The lowest BCUT2D eigenvalue weighted by Gasteiger charge is -2.16. The molecule has 0 atom stereocenters. The van der Waals surface area contributed by atoms with Crippen molar-refractivity contribution in [2.45, 2.75) is 45.0 Å². The predicted octanol–water partition coefficient (Wildman–Crippen LogP) is 10.8. The highest BCUT2D eigenvalue weighted by molar-refractivity contribution is 8.19. The number of nitrogens with zero attached hydrogens (tertiary/aromatic N) is 5. The minimum absolute atomic E-state index is 0.0557. The van der Waals surface area contributed by atoms with Crippen molar-refractivity contribution in [1.29, 1.82) is 10.5 Å². The van der Waals surface area contributed by atoms with E-state index >= 15 is 0 Å². The van der Waals surface area contributed by atoms with E-state index in [-0.39, 0.29) is 45.9 Å². The van der Waals surface area contributed by atoms with Gasteiger partial charge < -0.3 is 34.5 Å². The first kappa shape index (κ1) is 51.5. The summed E-state index contributed by atoms with van der Waals surface area (Å²) < 4.78 is 102. The summed E-state index contributed by atoms with van der Waals surface area (Å²) in [7, 11) is 2.73. The number of rotatable bonds is 14. The van der Waals surface area contributed by atoms with Gasteiger partial charge in [0.25, 0.3) is 11.8 Å². The maximum atomic E-state index is 13.5. The van der Waals surface area contributed by atoms with Crippen molar-refractivity contribution in [2.75, 3.05) is 46.9 Å². The molecular formula is C48H43F6N7O6S2. The number of carbonyl (C=O) groups is 2. The SMILES string of the molecule is CCCCN=C1NC(=O)/C(=C/c2ccc(Oc3ccc(C#N)cc3C(F)(F)F)c(OC)c2)S1.COc1cc(/C=C2\SC(=NCCN3CCCC3)NC2=O)ccc1Oc1ccc(C#N)cc1C(F)(F)F. The molecule has 3 fully saturated rings. The molecule has 0 aliphatic carbocycles. The smallest absolute Gasteiger partial charge is 0.420 e. The van der Waals surface area contributed by atoms with Gasteiger partial charge in [-0.3, -0.25) is 19.6 Å². The van der Waals surface area contributed by atoms with Crippen LogP contribution in [0.2, 0.25) is 0 Å². The van der Waals surface area contributed by atoms with E-state index in [1.807, 2.05) is 0 Å². The number of nitrogens with one attached hydrogen (secondary N) is 2. The Kier molecular flexibility index (Phi) is 17.4. The number of aliphatic imine (C=N–C) groups is 2. The number of benzene rings is 4. The molecule has 0 bridgehead atoms. The molecular weight excluding hydrogens is 949 g/mol. The van der Waals surface area contributed by atoms with Gasteiger partial charge in [-0.25, -0.2) is 0 Å². The third-order valence-electron chi connectivity index (χ3n) is 10.2. The molecule has 360 valence electrons. The molecule has 3 saturated heterocycles. The summed E-state index contributed by atoms with van der Waals surface area (Å²) in [6.07, 6.45) is -1.79. The van der Waals surface area contributed by atoms with E-state index in [4.69, 9.17) is 29.5 Å². The van der Waals surface area contributed by atoms with Crippen LogP contribution in [0.25, 0.3) is 12.2 Å². The van der Waals surface area contributed by atoms with Gasteiger partial charge in [-0.1, -0.05) is 25.5 Å². The Bertz CT molecular complexity index is 2780. The predicted molar refractivity (Wildman–Crippen MR) is 251 cm³/mol. The van der Waals surface area contributed by atoms with Crippen molar-refractivity contribution in [3.63, 3.8) is 0 Å². The Balaban J connectivity index is 0.000000228. The first-order chi connectivity index (χ1) is 33.0. The molecule has 7 rings (SSSR count). The molecule has 4 aromatic carbocycles. The third-order valence-corrected chi connectivity index (χ3v) is 12.1. The van der Waals surface area contributed by atoms with Crippen LogP contribution in [0.15, 0.2) is 92.6 Å². The van der Waals surface area contributed by atoms with E-state index in [1.54, 1.807) is 48.6 Å². The molecule has 2 amide bonds. The van der Waals surface area contributed by atoms with Gasteiger partial charge in [0.1, 0.15) is 11.5 Å². The number of carbonyl (C=O) groups excluding carboxylic acids is 2. The van der Waals surface area contributed by atoms with Gasteiger partial charge in [0.15, 0.2) is 33.3 Å². The molecule has 4 aromatic rings. The quantitative estimate of drug-likeness (QED) is 0.0700. The summed E-state index contributed by atoms with van der Waals surface area (Å²) >= 11 is 2.45. The lowest BCUT2D eigenvalue weighted by atomic mass is 10.1. The fourth-order valence-electron chi connectivity index (χ4n) is 6.72. The largest absolute Gasteiger partial charge is 0.493 e. The number of amides is 2. The number of amidine groups is 2. The second kappa shape index (κ2) is 23.4. The lowest BCUT2D eigenvalue weighted by Crippen LogP contribution is -2.24. The fraction of sp³-hybridized carbons (Fsp3) is 0.292. The Morgan fingerprint density at radius 1 is 0.652 bits per heavy atom. The fourth-order valence-corrected chi connectivity index (χ4v) is 8.41. The molecule has 0 aromatic heterocycles. The molecule has 69 heavy (non-hydrogen) atoms. The highest BCUT2D eigenvalue weighted by Gasteiger charge is 2.36. The van der Waals surface area contributed by atoms with Crippen molar-refractivity contribution in [1.82, 2.24) is 15.5 Å². The van der Waals surface area contributed by atoms with Crippen LogP contribution in [-0.4, -0.2) is 74.0 Å². The number of ether oxygens (including phenoxy) is 4. The zero-order valence-corrected chi connectivity index (χ0v) is 38.8. The van der Waals surface area contributed by atoms with Crippen molar-refractivity contribution in [3.8, 4) is 46.6 Å². The number of hydrogen-bond acceptors (Lipinski definition) is 13. The summed E-state index contributed by atoms with van der Waals surface area (Å²) in [5.74, 6) is -0.973. The molecule has 0 saturated carbocycles. The van der Waals surface area contributed by atoms with E-state index in [0.29, 0.717) is 44.4 Å². The van der Waals surface area contributed by atoms with Crippen LogP contribution in [0.3, 0.4) is 0 Å². The number of unbranched alkanes of at least 4 members (excludes halogenated alkanes) is 1. The summed E-state index contributed by atoms with van der Waals surface area (Å²) in [4.78, 5) is 36.6. The van der Waals surface area contributed by atoms with Crippen LogP contribution >= 0.6 is 23.5 Å². The maximum absolute atomic E-state index is 13.5. The zero-order chi connectivity index (χ0) is 49.7. The van der Waals surface area contributed by atoms with Gasteiger partial charge in [0.05, 0.1) is 65.0 Å². The first-order valence-corrected chi connectivity index (χ1v) is 22.8. The minimum Gasteiger partial charge on any atom is -0.493 e. The molecule has 0 unspecified atom stereocenters. The van der Waals surface area contributed by atoms with Crippen molar-refractivity contribution < 1.29 is 54.9 Å². The average Bonchev–Trinajstić information content (AvgIpc) is 4.07. The number of likely N-dealkylation sites (tertiary alicyclic amines) is 1. The number of alkyl halides is 6.